The lowest BCUT2D eigenvalue weighted by atomic mass is 10.2. The Bertz CT molecular complexity index is 476. The first kappa shape index (κ1) is 13.6. The number of amides is 1. The van der Waals surface area contributed by atoms with Crippen LogP contribution in [0, 0.1) is 11.3 Å². The van der Waals surface area contributed by atoms with Gasteiger partial charge in [0.1, 0.15) is 11.8 Å². The van der Waals surface area contributed by atoms with Crippen LogP contribution < -0.4 is 0 Å². The predicted octanol–water partition coefficient (Wildman–Crippen LogP) is 0.890. The summed E-state index contributed by atoms with van der Waals surface area (Å²) in [6.07, 6.45) is 1.75. The molecular weight excluding hydrogens is 234 g/mol. The van der Waals surface area contributed by atoms with Crippen molar-refractivity contribution in [1.29, 1.82) is 5.26 Å². The minimum Gasteiger partial charge on any atom is -0.481 e. The lowest BCUT2D eigenvalue weighted by Gasteiger charge is -2.15. The van der Waals surface area contributed by atoms with Crippen LogP contribution in [-0.4, -0.2) is 40.5 Å². The number of aliphatic carboxylic acids is 1. The number of pyridine rings is 1. The van der Waals surface area contributed by atoms with Gasteiger partial charge in [-0.25, -0.2) is 4.98 Å². The van der Waals surface area contributed by atoms with Gasteiger partial charge in [0.2, 0.25) is 0 Å². The first-order valence-corrected chi connectivity index (χ1v) is 5.38. The summed E-state index contributed by atoms with van der Waals surface area (Å²) >= 11 is 0. The average Bonchev–Trinajstić information content (AvgIpc) is 2.37. The number of carboxylic acids is 1. The lowest BCUT2D eigenvalue weighted by molar-refractivity contribution is -0.137. The molecule has 0 atom stereocenters. The van der Waals surface area contributed by atoms with Crippen LogP contribution in [-0.2, 0) is 4.79 Å². The van der Waals surface area contributed by atoms with Crippen molar-refractivity contribution in [2.45, 2.75) is 12.8 Å². The van der Waals surface area contributed by atoms with Crippen molar-refractivity contribution in [1.82, 2.24) is 9.88 Å². The van der Waals surface area contributed by atoms with E-state index in [0.29, 0.717) is 18.5 Å². The van der Waals surface area contributed by atoms with E-state index in [4.69, 9.17) is 10.4 Å². The molecule has 1 rings (SSSR count). The van der Waals surface area contributed by atoms with E-state index in [2.05, 4.69) is 4.98 Å². The highest BCUT2D eigenvalue weighted by Crippen LogP contribution is 2.03. The number of carbonyl (C=O) groups is 2. The van der Waals surface area contributed by atoms with Crippen LogP contribution in [0.25, 0.3) is 0 Å². The molecule has 0 radical (unpaired) electrons. The van der Waals surface area contributed by atoms with Crippen molar-refractivity contribution in [2.75, 3.05) is 13.6 Å². The molecule has 6 heteroatoms. The van der Waals surface area contributed by atoms with Gasteiger partial charge in [0.15, 0.2) is 0 Å². The fraction of sp³-hybridized carbons (Fsp3) is 0.333. The maximum Gasteiger partial charge on any atom is 0.303 e. The highest BCUT2D eigenvalue weighted by Gasteiger charge is 2.13. The Morgan fingerprint density at radius 1 is 1.50 bits per heavy atom. The van der Waals surface area contributed by atoms with Gasteiger partial charge < -0.3 is 10.0 Å². The zero-order valence-electron chi connectivity index (χ0n) is 9.96. The normalized spacial score (nSPS) is 9.56. The van der Waals surface area contributed by atoms with Gasteiger partial charge in [-0.3, -0.25) is 9.59 Å². The Labute approximate surface area is 104 Å². The maximum atomic E-state index is 11.9. The zero-order chi connectivity index (χ0) is 13.5. The lowest BCUT2D eigenvalue weighted by Crippen LogP contribution is -2.28. The topological polar surface area (TPSA) is 94.3 Å². The molecule has 18 heavy (non-hydrogen) atoms. The summed E-state index contributed by atoms with van der Waals surface area (Å²) in [5.74, 6) is -1.17. The second kappa shape index (κ2) is 6.35. The Kier molecular flexibility index (Phi) is 4.81. The first-order valence-electron chi connectivity index (χ1n) is 5.38. The van der Waals surface area contributed by atoms with E-state index < -0.39 is 5.97 Å². The van der Waals surface area contributed by atoms with Gasteiger partial charge in [-0.15, -0.1) is 0 Å². The molecule has 0 aliphatic heterocycles. The molecule has 94 valence electrons. The summed E-state index contributed by atoms with van der Waals surface area (Å²) in [6, 6.07) is 4.92. The first-order chi connectivity index (χ1) is 8.54. The number of aromatic nitrogens is 1. The Balaban J connectivity index is 2.57. The number of nitriles is 1. The fourth-order valence-corrected chi connectivity index (χ4v) is 1.35. The quantitative estimate of drug-likeness (QED) is 0.833. The van der Waals surface area contributed by atoms with Crippen molar-refractivity contribution >= 4 is 11.9 Å². The van der Waals surface area contributed by atoms with E-state index in [1.165, 1.54) is 23.2 Å². The standard InChI is InChI=1S/C12H13N3O3/c1-15(6-2-3-11(16)17)12(18)10-5-4-9(7-13)8-14-10/h4-5,8H,2-3,6H2,1H3,(H,16,17). The number of hydrogen-bond donors (Lipinski definition) is 1. The molecule has 1 N–H and O–H groups in total. The molecule has 1 aromatic rings. The van der Waals surface area contributed by atoms with Crippen LogP contribution in [0.2, 0.25) is 0 Å². The van der Waals surface area contributed by atoms with E-state index in [9.17, 15) is 9.59 Å². The van der Waals surface area contributed by atoms with E-state index in [0.717, 1.165) is 0 Å². The van der Waals surface area contributed by atoms with Gasteiger partial charge in [-0.05, 0) is 18.6 Å². The Morgan fingerprint density at radius 2 is 2.22 bits per heavy atom. The van der Waals surface area contributed by atoms with Crippen LogP contribution in [0.4, 0.5) is 0 Å². The van der Waals surface area contributed by atoms with Gasteiger partial charge in [0, 0.05) is 26.2 Å². The number of nitrogens with zero attached hydrogens (tertiary/aromatic N) is 3. The summed E-state index contributed by atoms with van der Waals surface area (Å²) in [4.78, 5) is 27.5. The molecular formula is C12H13N3O3. The van der Waals surface area contributed by atoms with Crippen molar-refractivity contribution < 1.29 is 14.7 Å². The Morgan fingerprint density at radius 3 is 2.72 bits per heavy atom. The molecule has 0 aliphatic carbocycles. The van der Waals surface area contributed by atoms with Crippen molar-refractivity contribution in [3.63, 3.8) is 0 Å². The van der Waals surface area contributed by atoms with Crippen LogP contribution in [0.15, 0.2) is 18.3 Å². The highest BCUT2D eigenvalue weighted by molar-refractivity contribution is 5.92. The fourth-order valence-electron chi connectivity index (χ4n) is 1.35. The zero-order valence-corrected chi connectivity index (χ0v) is 9.96. The van der Waals surface area contributed by atoms with Crippen molar-refractivity contribution in [3.05, 3.63) is 29.6 Å². The second-order valence-electron chi connectivity index (χ2n) is 3.77. The van der Waals surface area contributed by atoms with Crippen LogP contribution >= 0.6 is 0 Å². The molecule has 0 saturated carbocycles. The van der Waals surface area contributed by atoms with Gasteiger partial charge in [0.05, 0.1) is 5.56 Å². The summed E-state index contributed by atoms with van der Waals surface area (Å²) in [5.41, 5.74) is 0.631. The third-order valence-corrected chi connectivity index (χ3v) is 2.34. The maximum absolute atomic E-state index is 11.9. The summed E-state index contributed by atoms with van der Waals surface area (Å²) in [5, 5.41) is 17.1. The van der Waals surface area contributed by atoms with Gasteiger partial charge in [0.25, 0.3) is 5.91 Å². The number of rotatable bonds is 5. The van der Waals surface area contributed by atoms with E-state index in [1.54, 1.807) is 7.05 Å². The molecule has 0 aromatic carbocycles. The van der Waals surface area contributed by atoms with Crippen molar-refractivity contribution in [2.24, 2.45) is 0 Å². The van der Waals surface area contributed by atoms with E-state index in [1.807, 2.05) is 6.07 Å². The molecule has 0 saturated heterocycles. The largest absolute Gasteiger partial charge is 0.481 e. The number of hydrogen-bond acceptors (Lipinski definition) is 4. The molecule has 1 amide bonds. The molecule has 0 unspecified atom stereocenters. The average molecular weight is 247 g/mol. The molecule has 0 bridgehead atoms. The van der Waals surface area contributed by atoms with E-state index >= 15 is 0 Å². The minimum atomic E-state index is -0.882. The van der Waals surface area contributed by atoms with E-state index in [-0.39, 0.29) is 18.0 Å². The minimum absolute atomic E-state index is 0.0262. The molecule has 0 spiro atoms. The third-order valence-electron chi connectivity index (χ3n) is 2.34. The van der Waals surface area contributed by atoms with Crippen LogP contribution in [0.3, 0.4) is 0 Å². The molecule has 1 heterocycles. The summed E-state index contributed by atoms with van der Waals surface area (Å²) in [7, 11) is 1.59. The van der Waals surface area contributed by atoms with Gasteiger partial charge in [-0.1, -0.05) is 0 Å². The molecule has 0 aliphatic rings. The highest BCUT2D eigenvalue weighted by atomic mass is 16.4. The second-order valence-corrected chi connectivity index (χ2v) is 3.77. The predicted molar refractivity (Wildman–Crippen MR) is 62.8 cm³/mol. The van der Waals surface area contributed by atoms with Crippen LogP contribution in [0.5, 0.6) is 0 Å². The van der Waals surface area contributed by atoms with Crippen LogP contribution in [0.1, 0.15) is 28.9 Å². The smallest absolute Gasteiger partial charge is 0.303 e. The molecule has 6 nitrogen and oxygen atoms in total. The summed E-state index contributed by atoms with van der Waals surface area (Å²) in [6.45, 7) is 0.354. The Hall–Kier alpha value is -2.42. The molecule has 1 aromatic heterocycles. The van der Waals surface area contributed by atoms with Gasteiger partial charge >= 0.3 is 5.97 Å². The molecule has 0 fully saturated rings. The van der Waals surface area contributed by atoms with Gasteiger partial charge in [-0.2, -0.15) is 5.26 Å². The number of carboxylic acid groups (broad SMARTS) is 1. The summed E-state index contributed by atoms with van der Waals surface area (Å²) < 4.78 is 0. The SMILES string of the molecule is CN(CCCC(=O)O)C(=O)c1ccc(C#N)cn1. The third kappa shape index (κ3) is 3.87. The number of carbonyl (C=O) groups excluding carboxylic acids is 1. The van der Waals surface area contributed by atoms with Crippen molar-refractivity contribution in [3.8, 4) is 6.07 Å². The monoisotopic (exact) mass is 247 g/mol.